The zero-order chi connectivity index (χ0) is 20.1. The number of carbonyl (C=O) groups excluding carboxylic acids is 1. The first-order valence-corrected chi connectivity index (χ1v) is 8.58. The van der Waals surface area contributed by atoms with Crippen LogP contribution in [0.25, 0.3) is 0 Å². The van der Waals surface area contributed by atoms with Crippen LogP contribution in [0.2, 0.25) is 0 Å². The molecule has 146 valence electrons. The second-order valence-corrected chi connectivity index (χ2v) is 6.27. The van der Waals surface area contributed by atoms with E-state index in [0.29, 0.717) is 24.3 Å². The van der Waals surface area contributed by atoms with Crippen molar-refractivity contribution in [2.24, 2.45) is 0 Å². The highest BCUT2D eigenvalue weighted by molar-refractivity contribution is 5.94. The van der Waals surface area contributed by atoms with E-state index in [1.807, 2.05) is 6.07 Å². The third kappa shape index (κ3) is 4.81. The molecule has 8 heteroatoms. The highest BCUT2D eigenvalue weighted by Gasteiger charge is 2.31. The number of amides is 1. The molecule has 0 radical (unpaired) electrons. The second-order valence-electron chi connectivity index (χ2n) is 6.27. The normalized spacial score (nSPS) is 17.1. The van der Waals surface area contributed by atoms with Gasteiger partial charge in [0.25, 0.3) is 5.91 Å². The number of hydrogen-bond acceptors (Lipinski definition) is 4. The van der Waals surface area contributed by atoms with Gasteiger partial charge in [0.05, 0.1) is 30.3 Å². The van der Waals surface area contributed by atoms with Crippen LogP contribution in [0.4, 0.5) is 13.2 Å². The van der Waals surface area contributed by atoms with Gasteiger partial charge in [0.2, 0.25) is 0 Å². The number of rotatable bonds is 4. The molecule has 3 rings (SSSR count). The maximum atomic E-state index is 12.8. The Balaban J connectivity index is 1.61. The average molecular weight is 390 g/mol. The number of halogens is 3. The van der Waals surface area contributed by atoms with Gasteiger partial charge < -0.3 is 14.4 Å². The zero-order valence-electron chi connectivity index (χ0n) is 14.8. The standard InChI is InChI=1S/C20H17F3N2O3/c21-20(22,23)16-5-2-6-17(10-16)28-13-18-12-25(7-8-27-18)19(26)15-4-1-3-14(9-15)11-24/h1-6,9-10,18H,7-8,12-13H2/t18-/m1/s1. The van der Waals surface area contributed by atoms with Gasteiger partial charge in [-0.1, -0.05) is 12.1 Å². The van der Waals surface area contributed by atoms with E-state index in [0.717, 1.165) is 12.1 Å². The predicted octanol–water partition coefficient (Wildman–Crippen LogP) is 3.50. The molecule has 0 saturated carbocycles. The summed E-state index contributed by atoms with van der Waals surface area (Å²) in [6.07, 6.45) is -4.91. The third-order valence-electron chi connectivity index (χ3n) is 4.26. The van der Waals surface area contributed by atoms with Crippen LogP contribution in [0.5, 0.6) is 5.75 Å². The van der Waals surface area contributed by atoms with Gasteiger partial charge in [0.15, 0.2) is 0 Å². The maximum Gasteiger partial charge on any atom is 0.416 e. The molecule has 2 aromatic rings. The lowest BCUT2D eigenvalue weighted by Crippen LogP contribution is -2.47. The maximum absolute atomic E-state index is 12.8. The van der Waals surface area contributed by atoms with Gasteiger partial charge >= 0.3 is 6.18 Å². The molecule has 1 aliphatic rings. The largest absolute Gasteiger partial charge is 0.491 e. The van der Waals surface area contributed by atoms with Crippen molar-refractivity contribution < 1.29 is 27.4 Å². The van der Waals surface area contributed by atoms with Gasteiger partial charge in [-0.25, -0.2) is 0 Å². The zero-order valence-corrected chi connectivity index (χ0v) is 14.8. The Hall–Kier alpha value is -3.05. The third-order valence-corrected chi connectivity index (χ3v) is 4.26. The summed E-state index contributed by atoms with van der Waals surface area (Å²) in [6.45, 7) is 0.938. The molecule has 1 atom stereocenters. The molecule has 1 aliphatic heterocycles. The molecule has 0 spiro atoms. The highest BCUT2D eigenvalue weighted by Crippen LogP contribution is 2.31. The van der Waals surface area contributed by atoms with E-state index in [9.17, 15) is 18.0 Å². The van der Waals surface area contributed by atoms with E-state index in [-0.39, 0.29) is 24.8 Å². The quantitative estimate of drug-likeness (QED) is 0.802. The van der Waals surface area contributed by atoms with Crippen LogP contribution in [-0.4, -0.2) is 43.2 Å². The van der Waals surface area contributed by atoms with Gasteiger partial charge in [0.1, 0.15) is 18.5 Å². The highest BCUT2D eigenvalue weighted by atomic mass is 19.4. The molecule has 5 nitrogen and oxygen atoms in total. The van der Waals surface area contributed by atoms with Crippen LogP contribution in [0.15, 0.2) is 48.5 Å². The van der Waals surface area contributed by atoms with Crippen molar-refractivity contribution in [2.45, 2.75) is 12.3 Å². The summed E-state index contributed by atoms with van der Waals surface area (Å²) in [5, 5.41) is 8.96. The van der Waals surface area contributed by atoms with Crippen molar-refractivity contribution in [3.63, 3.8) is 0 Å². The van der Waals surface area contributed by atoms with Crippen LogP contribution < -0.4 is 4.74 Å². The molecule has 2 aromatic carbocycles. The molecule has 28 heavy (non-hydrogen) atoms. The SMILES string of the molecule is N#Cc1cccc(C(=O)N2CCO[C@@H](COc3cccc(C(F)(F)F)c3)C2)c1. The first-order chi connectivity index (χ1) is 13.4. The van der Waals surface area contributed by atoms with Crippen LogP contribution in [-0.2, 0) is 10.9 Å². The fourth-order valence-electron chi connectivity index (χ4n) is 2.86. The summed E-state index contributed by atoms with van der Waals surface area (Å²) in [5.41, 5.74) is 0.00535. The van der Waals surface area contributed by atoms with Crippen LogP contribution in [0, 0.1) is 11.3 Å². The van der Waals surface area contributed by atoms with E-state index < -0.39 is 17.8 Å². The Bertz CT molecular complexity index is 893. The van der Waals surface area contributed by atoms with E-state index >= 15 is 0 Å². The molecule has 1 fully saturated rings. The Labute approximate surface area is 159 Å². The molecule has 0 aliphatic carbocycles. The van der Waals surface area contributed by atoms with E-state index in [1.54, 1.807) is 23.1 Å². The molecular formula is C20H17F3N2O3. The Morgan fingerprint density at radius 1 is 1.25 bits per heavy atom. The fourth-order valence-corrected chi connectivity index (χ4v) is 2.86. The number of alkyl halides is 3. The summed E-state index contributed by atoms with van der Waals surface area (Å²) in [6, 6.07) is 13.0. The first kappa shape index (κ1) is 19.7. The summed E-state index contributed by atoms with van der Waals surface area (Å²) in [4.78, 5) is 14.2. The molecule has 1 saturated heterocycles. The number of ether oxygens (including phenoxy) is 2. The molecular weight excluding hydrogens is 373 g/mol. The first-order valence-electron chi connectivity index (χ1n) is 8.58. The van der Waals surface area contributed by atoms with Crippen LogP contribution >= 0.6 is 0 Å². The number of nitrogens with zero attached hydrogens (tertiary/aromatic N) is 2. The number of benzene rings is 2. The average Bonchev–Trinajstić information content (AvgIpc) is 2.71. The lowest BCUT2D eigenvalue weighted by atomic mass is 10.1. The smallest absolute Gasteiger partial charge is 0.416 e. The Morgan fingerprint density at radius 3 is 2.79 bits per heavy atom. The van der Waals surface area contributed by atoms with Crippen molar-refractivity contribution in [2.75, 3.05) is 26.3 Å². The van der Waals surface area contributed by atoms with Gasteiger partial charge in [-0.3, -0.25) is 4.79 Å². The number of nitriles is 1. The number of hydrogen-bond donors (Lipinski definition) is 0. The predicted molar refractivity (Wildman–Crippen MR) is 93.7 cm³/mol. The summed E-state index contributed by atoms with van der Waals surface area (Å²) in [7, 11) is 0. The Morgan fingerprint density at radius 2 is 2.04 bits per heavy atom. The van der Waals surface area contributed by atoms with E-state index in [2.05, 4.69) is 0 Å². The fraction of sp³-hybridized carbons (Fsp3) is 0.300. The minimum absolute atomic E-state index is 0.0172. The summed E-state index contributed by atoms with van der Waals surface area (Å²) in [5.74, 6) is -0.145. The summed E-state index contributed by atoms with van der Waals surface area (Å²) < 4.78 is 49.3. The van der Waals surface area contributed by atoms with E-state index in [1.165, 1.54) is 18.2 Å². The Kier molecular flexibility index (Phi) is 5.85. The topological polar surface area (TPSA) is 62.6 Å². The van der Waals surface area contributed by atoms with Crippen molar-refractivity contribution >= 4 is 5.91 Å². The van der Waals surface area contributed by atoms with Crippen molar-refractivity contribution in [1.29, 1.82) is 5.26 Å². The van der Waals surface area contributed by atoms with Crippen LogP contribution in [0.1, 0.15) is 21.5 Å². The van der Waals surface area contributed by atoms with Crippen molar-refractivity contribution in [3.05, 3.63) is 65.2 Å². The monoisotopic (exact) mass is 390 g/mol. The van der Waals surface area contributed by atoms with Gasteiger partial charge in [-0.2, -0.15) is 18.4 Å². The summed E-state index contributed by atoms with van der Waals surface area (Å²) >= 11 is 0. The molecule has 0 N–H and O–H groups in total. The molecule has 0 aromatic heterocycles. The molecule has 0 bridgehead atoms. The van der Waals surface area contributed by atoms with Crippen molar-refractivity contribution in [1.82, 2.24) is 4.90 Å². The molecule has 1 amide bonds. The lowest BCUT2D eigenvalue weighted by Gasteiger charge is -2.33. The van der Waals surface area contributed by atoms with Crippen molar-refractivity contribution in [3.8, 4) is 11.8 Å². The minimum Gasteiger partial charge on any atom is -0.491 e. The molecule has 0 unspecified atom stereocenters. The number of carbonyl (C=O) groups is 1. The van der Waals surface area contributed by atoms with Crippen LogP contribution in [0.3, 0.4) is 0 Å². The van der Waals surface area contributed by atoms with Gasteiger partial charge in [-0.05, 0) is 36.4 Å². The number of morpholine rings is 1. The van der Waals surface area contributed by atoms with E-state index in [4.69, 9.17) is 14.7 Å². The minimum atomic E-state index is -4.44. The second kappa shape index (κ2) is 8.31. The van der Waals surface area contributed by atoms with Gasteiger partial charge in [0, 0.05) is 12.1 Å². The molecule has 1 heterocycles. The lowest BCUT2D eigenvalue weighted by molar-refractivity contribution is -0.137. The van der Waals surface area contributed by atoms with Gasteiger partial charge in [-0.15, -0.1) is 0 Å².